The number of nitro benzene ring substituents is 1. The Bertz CT molecular complexity index is 571. The fourth-order valence-corrected chi connectivity index (χ4v) is 3.90. The number of halogens is 1. The Hall–Kier alpha value is -1.18. The highest BCUT2D eigenvalue weighted by Gasteiger charge is 2.37. The first-order valence-electron chi connectivity index (χ1n) is 7.69. The van der Waals surface area contributed by atoms with Crippen LogP contribution in [-0.4, -0.2) is 41.1 Å². The van der Waals surface area contributed by atoms with Crippen molar-refractivity contribution in [3.8, 4) is 5.75 Å². The van der Waals surface area contributed by atoms with E-state index in [1.165, 1.54) is 12.5 Å². The van der Waals surface area contributed by atoms with Crippen LogP contribution in [0.4, 0.5) is 5.69 Å². The number of aromatic hydroxyl groups is 1. The number of nitro groups is 1. The molecule has 7 heteroatoms. The van der Waals surface area contributed by atoms with Crippen molar-refractivity contribution in [2.24, 2.45) is 5.92 Å². The molecule has 0 radical (unpaired) electrons. The second-order valence-corrected chi connectivity index (χ2v) is 6.96. The average Bonchev–Trinajstić information content (AvgIpc) is 2.45. The normalized spacial score (nSPS) is 21.3. The maximum Gasteiger partial charge on any atom is 0.312 e. The Kier molecular flexibility index (Phi) is 4.65. The molecule has 0 spiro atoms. The number of phenols is 1. The van der Waals surface area contributed by atoms with E-state index in [2.05, 4.69) is 26.1 Å². The first-order chi connectivity index (χ1) is 10.6. The van der Waals surface area contributed by atoms with Crippen molar-refractivity contribution >= 4 is 21.6 Å². The van der Waals surface area contributed by atoms with E-state index < -0.39 is 4.92 Å². The Balaban J connectivity index is 2.01. The van der Waals surface area contributed by atoms with Gasteiger partial charge in [-0.1, -0.05) is 22.4 Å². The summed E-state index contributed by atoms with van der Waals surface area (Å²) in [6.07, 6.45) is 3.44. The lowest BCUT2D eigenvalue weighted by Gasteiger charge is -2.43. The Labute approximate surface area is 137 Å². The summed E-state index contributed by atoms with van der Waals surface area (Å²) < 4.78 is 0.645. The van der Waals surface area contributed by atoms with E-state index >= 15 is 0 Å². The van der Waals surface area contributed by atoms with Crippen molar-refractivity contribution in [2.75, 3.05) is 26.2 Å². The molecular weight excluding hydrogens is 350 g/mol. The highest BCUT2D eigenvalue weighted by atomic mass is 79.9. The molecule has 3 rings (SSSR count). The largest absolute Gasteiger partial charge is 0.502 e. The van der Waals surface area contributed by atoms with Crippen LogP contribution in [0.15, 0.2) is 16.6 Å². The summed E-state index contributed by atoms with van der Waals surface area (Å²) in [4.78, 5) is 13.0. The minimum absolute atomic E-state index is 0.0621. The number of hydrogen-bond acceptors (Lipinski definition) is 5. The van der Waals surface area contributed by atoms with Crippen LogP contribution in [-0.2, 0) is 0 Å². The lowest BCUT2D eigenvalue weighted by Crippen LogP contribution is -2.47. The van der Waals surface area contributed by atoms with Gasteiger partial charge in [0.15, 0.2) is 5.75 Å². The maximum absolute atomic E-state index is 11.2. The van der Waals surface area contributed by atoms with Crippen LogP contribution in [0.1, 0.15) is 30.9 Å². The molecule has 1 aromatic carbocycles. The molecule has 0 amide bonds. The average molecular weight is 370 g/mol. The van der Waals surface area contributed by atoms with Gasteiger partial charge in [0, 0.05) is 48.3 Å². The third-order valence-electron chi connectivity index (χ3n) is 4.74. The van der Waals surface area contributed by atoms with Crippen LogP contribution in [0.5, 0.6) is 5.75 Å². The smallest absolute Gasteiger partial charge is 0.312 e. The second-order valence-electron chi connectivity index (χ2n) is 6.04. The van der Waals surface area contributed by atoms with Crippen molar-refractivity contribution in [2.45, 2.75) is 25.3 Å². The highest BCUT2D eigenvalue weighted by molar-refractivity contribution is 9.10. The van der Waals surface area contributed by atoms with Gasteiger partial charge in [-0.15, -0.1) is 0 Å². The zero-order chi connectivity index (χ0) is 15.7. The predicted molar refractivity (Wildman–Crippen MR) is 87.0 cm³/mol. The summed E-state index contributed by atoms with van der Waals surface area (Å²) in [6, 6.07) is 3.27. The van der Waals surface area contributed by atoms with E-state index in [1.807, 2.05) is 6.07 Å². The highest BCUT2D eigenvalue weighted by Crippen LogP contribution is 2.47. The molecule has 2 aliphatic rings. The van der Waals surface area contributed by atoms with Crippen LogP contribution in [0.25, 0.3) is 0 Å². The zero-order valence-electron chi connectivity index (χ0n) is 12.3. The molecule has 22 heavy (non-hydrogen) atoms. The number of piperazine rings is 1. The molecule has 1 atom stereocenters. The van der Waals surface area contributed by atoms with Crippen LogP contribution in [0.2, 0.25) is 0 Å². The van der Waals surface area contributed by atoms with Gasteiger partial charge < -0.3 is 10.4 Å². The summed E-state index contributed by atoms with van der Waals surface area (Å²) in [5.74, 6) is 0.293. The Morgan fingerprint density at radius 2 is 2.05 bits per heavy atom. The molecule has 120 valence electrons. The quantitative estimate of drug-likeness (QED) is 0.630. The third-order valence-corrected chi connectivity index (χ3v) is 5.20. The number of benzene rings is 1. The monoisotopic (exact) mass is 369 g/mol. The van der Waals surface area contributed by atoms with Gasteiger partial charge in [0.25, 0.3) is 0 Å². The van der Waals surface area contributed by atoms with Crippen molar-refractivity contribution < 1.29 is 10.0 Å². The van der Waals surface area contributed by atoms with Crippen molar-refractivity contribution in [1.82, 2.24) is 10.2 Å². The lowest BCUT2D eigenvalue weighted by atomic mass is 9.76. The number of rotatable bonds is 4. The molecule has 1 aromatic rings. The molecule has 6 nitrogen and oxygen atoms in total. The standard InChI is InChI=1S/C15H20BrN3O3/c16-11-8-12(15(20)13(9-11)19(21)22)14(10-2-1-3-10)18-6-4-17-5-7-18/h8-10,14,17,20H,1-7H2/t14-/m1/s1. The van der Waals surface area contributed by atoms with Crippen molar-refractivity contribution in [1.29, 1.82) is 0 Å². The van der Waals surface area contributed by atoms with Gasteiger partial charge in [0.2, 0.25) is 0 Å². The summed E-state index contributed by atoms with van der Waals surface area (Å²) >= 11 is 3.35. The van der Waals surface area contributed by atoms with E-state index in [0.717, 1.165) is 39.0 Å². The fourth-order valence-electron chi connectivity index (χ4n) is 3.43. The summed E-state index contributed by atoms with van der Waals surface area (Å²) in [5, 5.41) is 25.0. The van der Waals surface area contributed by atoms with Crippen molar-refractivity contribution in [3.63, 3.8) is 0 Å². The maximum atomic E-state index is 11.2. The van der Waals surface area contributed by atoms with E-state index in [-0.39, 0.29) is 17.5 Å². The molecule has 0 unspecified atom stereocenters. The number of nitrogens with zero attached hydrogens (tertiary/aromatic N) is 2. The van der Waals surface area contributed by atoms with Gasteiger partial charge in [-0.2, -0.15) is 0 Å². The lowest BCUT2D eigenvalue weighted by molar-refractivity contribution is -0.386. The summed E-state index contributed by atoms with van der Waals surface area (Å²) in [5.41, 5.74) is 0.469. The summed E-state index contributed by atoms with van der Waals surface area (Å²) in [6.45, 7) is 3.64. The number of nitrogens with one attached hydrogen (secondary N) is 1. The minimum Gasteiger partial charge on any atom is -0.502 e. The van der Waals surface area contributed by atoms with Gasteiger partial charge >= 0.3 is 5.69 Å². The van der Waals surface area contributed by atoms with Crippen molar-refractivity contribution in [3.05, 3.63) is 32.3 Å². The molecule has 2 N–H and O–H groups in total. The molecule has 1 aliphatic carbocycles. The first-order valence-corrected chi connectivity index (χ1v) is 8.49. The second kappa shape index (κ2) is 6.52. The summed E-state index contributed by atoms with van der Waals surface area (Å²) in [7, 11) is 0. The van der Waals surface area contributed by atoms with E-state index in [4.69, 9.17) is 0 Å². The fraction of sp³-hybridized carbons (Fsp3) is 0.600. The molecule has 2 fully saturated rings. The third kappa shape index (κ3) is 2.98. The number of hydrogen-bond donors (Lipinski definition) is 2. The van der Waals surface area contributed by atoms with Crippen LogP contribution in [0.3, 0.4) is 0 Å². The molecule has 1 saturated carbocycles. The topological polar surface area (TPSA) is 78.6 Å². The predicted octanol–water partition coefficient (Wildman–Crippen LogP) is 2.81. The molecule has 0 bridgehead atoms. The minimum atomic E-state index is -0.515. The van der Waals surface area contributed by atoms with Crippen LogP contribution >= 0.6 is 15.9 Å². The number of phenolic OH excluding ortho intramolecular Hbond substituents is 1. The van der Waals surface area contributed by atoms with Gasteiger partial charge in [-0.3, -0.25) is 15.0 Å². The Morgan fingerprint density at radius 1 is 1.36 bits per heavy atom. The molecule has 1 heterocycles. The van der Waals surface area contributed by atoms with Gasteiger partial charge in [-0.05, 0) is 24.8 Å². The van der Waals surface area contributed by atoms with E-state index in [1.54, 1.807) is 0 Å². The van der Waals surface area contributed by atoms with Gasteiger partial charge in [0.1, 0.15) is 0 Å². The van der Waals surface area contributed by atoms with E-state index in [9.17, 15) is 15.2 Å². The molecular formula is C15H20BrN3O3. The zero-order valence-corrected chi connectivity index (χ0v) is 13.9. The Morgan fingerprint density at radius 3 is 2.59 bits per heavy atom. The van der Waals surface area contributed by atoms with E-state index in [0.29, 0.717) is 16.0 Å². The van der Waals surface area contributed by atoms with Crippen LogP contribution in [0, 0.1) is 16.0 Å². The van der Waals surface area contributed by atoms with Crippen LogP contribution < -0.4 is 5.32 Å². The molecule has 1 saturated heterocycles. The molecule has 1 aliphatic heterocycles. The van der Waals surface area contributed by atoms with Gasteiger partial charge in [-0.25, -0.2) is 0 Å². The van der Waals surface area contributed by atoms with Gasteiger partial charge in [0.05, 0.1) is 4.92 Å². The molecule has 0 aromatic heterocycles. The first kappa shape index (κ1) is 15.7. The SMILES string of the molecule is O=[N+]([O-])c1cc(Br)cc([C@@H](C2CCC2)N2CCNCC2)c1O.